The molecule has 0 saturated carbocycles. The first-order valence-electron chi connectivity index (χ1n) is 17.2. The van der Waals surface area contributed by atoms with Gasteiger partial charge in [-0.3, -0.25) is 19.4 Å². The van der Waals surface area contributed by atoms with Crippen molar-refractivity contribution in [1.82, 2.24) is 4.57 Å². The predicted octanol–water partition coefficient (Wildman–Crippen LogP) is 5.25. The van der Waals surface area contributed by atoms with Gasteiger partial charge in [-0.2, -0.15) is 0 Å². The zero-order chi connectivity index (χ0) is 37.8. The molecule has 0 aliphatic heterocycles. The summed E-state index contributed by atoms with van der Waals surface area (Å²) in [7, 11) is 0. The highest BCUT2D eigenvalue weighted by Crippen LogP contribution is 2.42. The molecule has 4 rings (SSSR count). The number of anilines is 1. The SMILES string of the molecule is CC(C)c1c(C(=O)Nc2ccccc2)c(-c2ccccc2)c(-c2ccc(F)cc2)n1CC[C@@H](O)C[C@H](CC(=O)O)OC(=O)[C@@H](N)CCCN=C(N)N. The van der Waals surface area contributed by atoms with Crippen LogP contribution in [0, 0.1) is 5.82 Å². The number of nitrogens with two attached hydrogens (primary N) is 3. The molecule has 4 aromatic rings. The van der Waals surface area contributed by atoms with Gasteiger partial charge in [-0.15, -0.1) is 0 Å². The van der Waals surface area contributed by atoms with Crippen LogP contribution in [0.25, 0.3) is 22.4 Å². The number of aromatic nitrogens is 1. The summed E-state index contributed by atoms with van der Waals surface area (Å²) in [5.74, 6) is -3.02. The van der Waals surface area contributed by atoms with E-state index in [1.807, 2.05) is 66.9 Å². The van der Waals surface area contributed by atoms with Crippen molar-refractivity contribution < 1.29 is 33.7 Å². The molecule has 13 heteroatoms. The molecular weight excluding hydrogens is 667 g/mol. The minimum Gasteiger partial charge on any atom is -0.481 e. The van der Waals surface area contributed by atoms with Crippen LogP contribution in [-0.2, 0) is 20.9 Å². The average molecular weight is 715 g/mol. The van der Waals surface area contributed by atoms with Crippen molar-refractivity contribution in [2.45, 2.75) is 76.7 Å². The Hall–Kier alpha value is -5.53. The Morgan fingerprint density at radius 3 is 2.15 bits per heavy atom. The summed E-state index contributed by atoms with van der Waals surface area (Å²) in [5.41, 5.74) is 21.1. The van der Waals surface area contributed by atoms with E-state index < -0.39 is 42.4 Å². The standard InChI is InChI=1S/C39H47FN6O6/c1-24(2)35-34(37(50)45-28-12-7-4-8-13-28)33(25-10-5-3-6-11-25)36(26-15-17-27(40)18-16-26)46(35)21-19-29(47)22-30(23-32(48)49)52-38(51)31(41)14-9-20-44-39(42)43/h3-8,10-13,15-18,24,29-31,47H,9,14,19-23,41H2,1-2H3,(H,45,50)(H,48,49)(H4,42,43,44)/t29-,30-,31+/m1/s1. The largest absolute Gasteiger partial charge is 0.481 e. The van der Waals surface area contributed by atoms with Gasteiger partial charge >= 0.3 is 11.9 Å². The van der Waals surface area contributed by atoms with Crippen molar-refractivity contribution in [2.75, 3.05) is 11.9 Å². The molecule has 9 N–H and O–H groups in total. The quantitative estimate of drug-likeness (QED) is 0.0344. The number of para-hydroxylation sites is 1. The number of benzene rings is 3. The summed E-state index contributed by atoms with van der Waals surface area (Å²) in [6.45, 7) is 4.39. The lowest BCUT2D eigenvalue weighted by Gasteiger charge is -2.23. The Balaban J connectivity index is 1.70. The number of aliphatic imine (C=N–C) groups is 1. The number of aliphatic carboxylic acids is 1. The second-order valence-corrected chi connectivity index (χ2v) is 12.9. The van der Waals surface area contributed by atoms with Gasteiger partial charge in [-0.1, -0.05) is 62.4 Å². The van der Waals surface area contributed by atoms with E-state index in [-0.39, 0.29) is 50.1 Å². The van der Waals surface area contributed by atoms with E-state index in [9.17, 15) is 29.0 Å². The Kier molecular flexibility index (Phi) is 14.1. The molecule has 0 aliphatic carbocycles. The molecule has 0 bridgehead atoms. The van der Waals surface area contributed by atoms with Crippen LogP contribution in [0.3, 0.4) is 0 Å². The normalized spacial score (nSPS) is 12.9. The van der Waals surface area contributed by atoms with Gasteiger partial charge in [0.15, 0.2) is 5.96 Å². The number of amides is 1. The van der Waals surface area contributed by atoms with Crippen LogP contribution >= 0.6 is 0 Å². The molecule has 0 aliphatic rings. The van der Waals surface area contributed by atoms with Crippen molar-refractivity contribution in [3.05, 3.63) is 102 Å². The van der Waals surface area contributed by atoms with Crippen molar-refractivity contribution in [3.8, 4) is 22.4 Å². The fourth-order valence-corrected chi connectivity index (χ4v) is 6.16. The number of carboxylic acid groups (broad SMARTS) is 1. The van der Waals surface area contributed by atoms with E-state index in [2.05, 4.69) is 10.3 Å². The van der Waals surface area contributed by atoms with Crippen molar-refractivity contribution in [2.24, 2.45) is 22.2 Å². The van der Waals surface area contributed by atoms with Gasteiger partial charge in [0.1, 0.15) is 18.0 Å². The molecule has 52 heavy (non-hydrogen) atoms. The molecule has 0 fully saturated rings. The van der Waals surface area contributed by atoms with Crippen LogP contribution in [0.5, 0.6) is 0 Å². The summed E-state index contributed by atoms with van der Waals surface area (Å²) in [5, 5.41) is 23.9. The predicted molar refractivity (Wildman–Crippen MR) is 199 cm³/mol. The van der Waals surface area contributed by atoms with Gasteiger partial charge in [0.2, 0.25) is 0 Å². The van der Waals surface area contributed by atoms with Crippen molar-refractivity contribution in [3.63, 3.8) is 0 Å². The van der Waals surface area contributed by atoms with E-state index >= 15 is 0 Å². The van der Waals surface area contributed by atoms with E-state index in [1.165, 1.54) is 12.1 Å². The lowest BCUT2D eigenvalue weighted by molar-refractivity contribution is -0.155. The number of carbonyl (C=O) groups is 3. The van der Waals surface area contributed by atoms with Gasteiger partial charge < -0.3 is 42.0 Å². The van der Waals surface area contributed by atoms with Gasteiger partial charge in [-0.05, 0) is 72.7 Å². The molecule has 0 unspecified atom stereocenters. The minimum atomic E-state index is -1.21. The monoisotopic (exact) mass is 714 g/mol. The molecule has 12 nitrogen and oxygen atoms in total. The number of aliphatic hydroxyl groups excluding tert-OH is 1. The Bertz CT molecular complexity index is 1830. The number of hydrogen-bond donors (Lipinski definition) is 6. The van der Waals surface area contributed by atoms with E-state index in [4.69, 9.17) is 21.9 Å². The van der Waals surface area contributed by atoms with Crippen LogP contribution < -0.4 is 22.5 Å². The summed E-state index contributed by atoms with van der Waals surface area (Å²) >= 11 is 0. The number of aliphatic hydroxyl groups is 1. The highest BCUT2D eigenvalue weighted by atomic mass is 19.1. The number of rotatable bonds is 18. The third kappa shape index (κ3) is 10.7. The fraction of sp³-hybridized carbons (Fsp3) is 0.333. The molecule has 3 aromatic carbocycles. The molecule has 1 amide bonds. The molecule has 0 spiro atoms. The highest BCUT2D eigenvalue weighted by Gasteiger charge is 2.31. The second kappa shape index (κ2) is 18.6. The first kappa shape index (κ1) is 39.3. The first-order valence-corrected chi connectivity index (χ1v) is 17.2. The van der Waals surface area contributed by atoms with Crippen molar-refractivity contribution >= 4 is 29.5 Å². The number of halogens is 1. The number of ether oxygens (including phenoxy) is 1. The molecule has 3 atom stereocenters. The number of guanidine groups is 1. The Morgan fingerprint density at radius 1 is 0.923 bits per heavy atom. The Morgan fingerprint density at radius 2 is 1.56 bits per heavy atom. The van der Waals surface area contributed by atoms with E-state index in [1.54, 1.807) is 24.3 Å². The van der Waals surface area contributed by atoms with Crippen LogP contribution in [0.15, 0.2) is 89.9 Å². The van der Waals surface area contributed by atoms with E-state index in [0.29, 0.717) is 40.2 Å². The van der Waals surface area contributed by atoms with Gasteiger partial charge in [0, 0.05) is 36.5 Å². The van der Waals surface area contributed by atoms with Gasteiger partial charge in [0.05, 0.1) is 23.8 Å². The molecule has 1 heterocycles. The number of carboxylic acids is 1. The van der Waals surface area contributed by atoms with Crippen LogP contribution in [-0.4, -0.2) is 63.4 Å². The number of nitrogens with zero attached hydrogens (tertiary/aromatic N) is 2. The average Bonchev–Trinajstić information content (AvgIpc) is 3.45. The maximum absolute atomic E-state index is 14.3. The van der Waals surface area contributed by atoms with Crippen LogP contribution in [0.4, 0.5) is 10.1 Å². The van der Waals surface area contributed by atoms with Crippen LogP contribution in [0.1, 0.15) is 67.9 Å². The lowest BCUT2D eigenvalue weighted by Crippen LogP contribution is -2.37. The molecule has 0 saturated heterocycles. The zero-order valence-electron chi connectivity index (χ0n) is 29.4. The topological polar surface area (TPSA) is 208 Å². The second-order valence-electron chi connectivity index (χ2n) is 12.9. The molecular formula is C39H47FN6O6. The number of carbonyl (C=O) groups excluding carboxylic acids is 2. The molecule has 276 valence electrons. The third-order valence-electron chi connectivity index (χ3n) is 8.47. The van der Waals surface area contributed by atoms with Crippen molar-refractivity contribution in [1.29, 1.82) is 0 Å². The maximum atomic E-state index is 14.3. The number of nitrogens with one attached hydrogen (secondary N) is 1. The summed E-state index contributed by atoms with van der Waals surface area (Å²) in [4.78, 5) is 42.6. The zero-order valence-corrected chi connectivity index (χ0v) is 29.4. The Labute approximate surface area is 302 Å². The summed E-state index contributed by atoms with van der Waals surface area (Å²) in [6, 6.07) is 23.5. The minimum absolute atomic E-state index is 0.0835. The third-order valence-corrected chi connectivity index (χ3v) is 8.47. The van der Waals surface area contributed by atoms with Gasteiger partial charge in [0.25, 0.3) is 5.91 Å². The molecule has 0 radical (unpaired) electrons. The maximum Gasteiger partial charge on any atom is 0.323 e. The van der Waals surface area contributed by atoms with Gasteiger partial charge in [-0.25, -0.2) is 4.39 Å². The number of hydrogen-bond acceptors (Lipinski definition) is 7. The lowest BCUT2D eigenvalue weighted by atomic mass is 9.94. The molecule has 1 aromatic heterocycles. The fourth-order valence-electron chi connectivity index (χ4n) is 6.16. The summed E-state index contributed by atoms with van der Waals surface area (Å²) in [6.07, 6.45) is -2.25. The number of esters is 1. The van der Waals surface area contributed by atoms with E-state index in [0.717, 1.165) is 5.56 Å². The summed E-state index contributed by atoms with van der Waals surface area (Å²) < 4.78 is 21.7. The first-order chi connectivity index (χ1) is 24.8. The highest BCUT2D eigenvalue weighted by molar-refractivity contribution is 6.12. The van der Waals surface area contributed by atoms with Crippen LogP contribution in [0.2, 0.25) is 0 Å². The smallest absolute Gasteiger partial charge is 0.323 e.